The molecule has 0 spiro atoms. The Morgan fingerprint density at radius 3 is 2.64 bits per heavy atom. The summed E-state index contributed by atoms with van der Waals surface area (Å²) >= 11 is 0. The third-order valence-electron chi connectivity index (χ3n) is 1.04. The first kappa shape index (κ1) is 7.98. The molecule has 1 N–H and O–H groups in total. The van der Waals surface area contributed by atoms with E-state index < -0.39 is 8.25 Å². The zero-order valence-corrected chi connectivity index (χ0v) is 6.32. The second-order valence-electron chi connectivity index (χ2n) is 1.78. The monoisotopic (exact) mass is 172 g/mol. The molecule has 0 saturated carbocycles. The van der Waals surface area contributed by atoms with E-state index in [2.05, 4.69) is 4.52 Å². The van der Waals surface area contributed by atoms with Gasteiger partial charge in [-0.3, -0.25) is 4.52 Å². The molecule has 0 fully saturated rings. The van der Waals surface area contributed by atoms with Gasteiger partial charge in [-0.2, -0.15) is 0 Å². The van der Waals surface area contributed by atoms with Gasteiger partial charge in [-0.1, -0.05) is 12.1 Å². The molecule has 1 rings (SSSR count). The molecule has 0 aliphatic rings. The van der Waals surface area contributed by atoms with Gasteiger partial charge in [0.1, 0.15) is 0 Å². The number of phenols is 1. The molecule has 0 saturated heterocycles. The summed E-state index contributed by atoms with van der Waals surface area (Å²) in [5.41, 5.74) is 0. The summed E-state index contributed by atoms with van der Waals surface area (Å²) in [7, 11) is -2.95. The summed E-state index contributed by atoms with van der Waals surface area (Å²) in [5, 5.41) is 8.97. The molecule has 1 aromatic carbocycles. The van der Waals surface area contributed by atoms with Crippen LogP contribution in [-0.2, 0) is 4.57 Å². The van der Waals surface area contributed by atoms with Gasteiger partial charge in [-0.25, -0.2) is 0 Å². The van der Waals surface area contributed by atoms with E-state index in [-0.39, 0.29) is 11.5 Å². The van der Waals surface area contributed by atoms with Gasteiger partial charge in [0.25, 0.3) is 0 Å². The summed E-state index contributed by atoms with van der Waals surface area (Å²) in [5.74, 6) is -0.240. The van der Waals surface area contributed by atoms with Crippen LogP contribution in [0.4, 0.5) is 0 Å². The maximum Gasteiger partial charge on any atom is 0.539 e. The van der Waals surface area contributed by atoms with Crippen molar-refractivity contribution < 1.29 is 19.1 Å². The van der Waals surface area contributed by atoms with E-state index in [0.29, 0.717) is 0 Å². The molecule has 0 radical (unpaired) electrons. The maximum absolute atomic E-state index is 10.0. The lowest BCUT2D eigenvalue weighted by Gasteiger charge is -1.95. The van der Waals surface area contributed by atoms with Crippen molar-refractivity contribution in [2.75, 3.05) is 0 Å². The summed E-state index contributed by atoms with van der Waals surface area (Å²) in [6, 6.07) is 5.84. The standard InChI is InChI=1S/C6H5O4P/c7-5-3-1-2-4-6(5)10-11(8)9/h1-4,7H. The van der Waals surface area contributed by atoms with Crippen LogP contribution >= 0.6 is 8.25 Å². The minimum absolute atomic E-state index is 0.0522. The molecule has 4 nitrogen and oxygen atoms in total. The van der Waals surface area contributed by atoms with Crippen molar-refractivity contribution in [3.63, 3.8) is 0 Å². The highest BCUT2D eigenvalue weighted by Crippen LogP contribution is 2.29. The zero-order valence-electron chi connectivity index (χ0n) is 5.43. The number of para-hydroxylation sites is 2. The predicted octanol–water partition coefficient (Wildman–Crippen LogP) is 0.789. The first-order chi connectivity index (χ1) is 5.20. The van der Waals surface area contributed by atoms with E-state index in [9.17, 15) is 9.46 Å². The van der Waals surface area contributed by atoms with Crippen LogP contribution in [0, 0.1) is 0 Å². The van der Waals surface area contributed by atoms with Crippen LogP contribution in [0.25, 0.3) is 0 Å². The summed E-state index contributed by atoms with van der Waals surface area (Å²) in [6.45, 7) is 0. The lowest BCUT2D eigenvalue weighted by atomic mass is 10.3. The van der Waals surface area contributed by atoms with Gasteiger partial charge in [0, 0.05) is 0 Å². The average Bonchev–Trinajstić information content (AvgIpc) is 1.93. The highest BCUT2D eigenvalue weighted by molar-refractivity contribution is 7.31. The second kappa shape index (κ2) is 3.32. The van der Waals surface area contributed by atoms with E-state index in [4.69, 9.17) is 5.11 Å². The Morgan fingerprint density at radius 2 is 2.09 bits per heavy atom. The van der Waals surface area contributed by atoms with Crippen LogP contribution < -0.4 is 9.42 Å². The highest BCUT2D eigenvalue weighted by atomic mass is 31.1. The van der Waals surface area contributed by atoms with Crippen molar-refractivity contribution in [2.24, 2.45) is 0 Å². The van der Waals surface area contributed by atoms with Gasteiger partial charge in [0.15, 0.2) is 5.75 Å². The van der Waals surface area contributed by atoms with E-state index in [1.807, 2.05) is 0 Å². The summed E-state index contributed by atoms with van der Waals surface area (Å²) in [4.78, 5) is 10.0. The second-order valence-corrected chi connectivity index (χ2v) is 2.41. The number of phenolic OH excluding ortho intramolecular Hbond substituents is 1. The molecule has 11 heavy (non-hydrogen) atoms. The molecule has 0 aliphatic carbocycles. The predicted molar refractivity (Wildman–Crippen MR) is 36.3 cm³/mol. The lowest BCUT2D eigenvalue weighted by Crippen LogP contribution is -1.92. The molecule has 5 heteroatoms. The number of aromatic hydroxyl groups is 1. The Kier molecular flexibility index (Phi) is 2.41. The Labute approximate surface area is 64.0 Å². The Bertz CT molecular complexity index is 273. The first-order valence-corrected chi connectivity index (χ1v) is 3.90. The smallest absolute Gasteiger partial charge is 0.539 e. The van der Waals surface area contributed by atoms with Crippen LogP contribution in [0.3, 0.4) is 0 Å². The molecule has 0 bridgehead atoms. The Balaban J connectivity index is 2.86. The lowest BCUT2D eigenvalue weighted by molar-refractivity contribution is -0.178. The SMILES string of the molecule is O=[P+]([O-])Oc1ccccc1O. The molecule has 0 aromatic heterocycles. The van der Waals surface area contributed by atoms with E-state index in [0.717, 1.165) is 0 Å². The number of rotatable bonds is 2. The van der Waals surface area contributed by atoms with E-state index >= 15 is 0 Å². The Hall–Kier alpha value is -1.12. The summed E-state index contributed by atoms with van der Waals surface area (Å²) < 4.78 is 14.3. The van der Waals surface area contributed by atoms with Crippen LogP contribution in [0.5, 0.6) is 11.5 Å². The topological polar surface area (TPSA) is 69.6 Å². The molecule has 1 unspecified atom stereocenters. The minimum Gasteiger partial charge on any atom is -0.558 e. The largest absolute Gasteiger partial charge is 0.558 e. The van der Waals surface area contributed by atoms with Crippen LogP contribution in [0.2, 0.25) is 0 Å². The van der Waals surface area contributed by atoms with Crippen molar-refractivity contribution in [3.05, 3.63) is 24.3 Å². The van der Waals surface area contributed by atoms with E-state index in [1.54, 1.807) is 12.1 Å². The molecule has 0 aliphatic heterocycles. The molecule has 58 valence electrons. The van der Waals surface area contributed by atoms with Gasteiger partial charge >= 0.3 is 8.25 Å². The third-order valence-corrected chi connectivity index (χ3v) is 1.38. The van der Waals surface area contributed by atoms with Gasteiger partial charge < -0.3 is 10.00 Å². The highest BCUT2D eigenvalue weighted by Gasteiger charge is 2.08. The fourth-order valence-electron chi connectivity index (χ4n) is 0.615. The van der Waals surface area contributed by atoms with Crippen LogP contribution in [-0.4, -0.2) is 5.11 Å². The molecule has 1 atom stereocenters. The molecular weight excluding hydrogens is 167 g/mol. The first-order valence-electron chi connectivity index (χ1n) is 2.80. The quantitative estimate of drug-likeness (QED) is 0.669. The van der Waals surface area contributed by atoms with Crippen LogP contribution in [0.15, 0.2) is 24.3 Å². The summed E-state index contributed by atoms with van der Waals surface area (Å²) in [6.07, 6.45) is 0. The zero-order chi connectivity index (χ0) is 8.27. The van der Waals surface area contributed by atoms with Crippen molar-refractivity contribution in [1.82, 2.24) is 0 Å². The third kappa shape index (κ3) is 2.18. The number of hydrogen-bond acceptors (Lipinski definition) is 4. The fourth-order valence-corrected chi connectivity index (χ4v) is 0.930. The fraction of sp³-hybridized carbons (Fsp3) is 0. The minimum atomic E-state index is -2.95. The van der Waals surface area contributed by atoms with Crippen LogP contribution in [0.1, 0.15) is 0 Å². The van der Waals surface area contributed by atoms with Crippen molar-refractivity contribution in [3.8, 4) is 11.5 Å². The maximum atomic E-state index is 10.0. The number of hydrogen-bond donors (Lipinski definition) is 1. The number of benzene rings is 1. The molecule has 0 amide bonds. The molecular formula is C6H5O4P. The van der Waals surface area contributed by atoms with Crippen molar-refractivity contribution >= 4 is 8.25 Å². The van der Waals surface area contributed by atoms with E-state index in [1.165, 1.54) is 12.1 Å². The molecule has 0 heterocycles. The van der Waals surface area contributed by atoms with Crippen molar-refractivity contribution in [1.29, 1.82) is 0 Å². The van der Waals surface area contributed by atoms with Gasteiger partial charge in [0.2, 0.25) is 5.75 Å². The van der Waals surface area contributed by atoms with Gasteiger partial charge in [-0.05, 0) is 16.7 Å². The molecule has 1 aromatic rings. The van der Waals surface area contributed by atoms with Gasteiger partial charge in [0.05, 0.1) is 0 Å². The van der Waals surface area contributed by atoms with Crippen molar-refractivity contribution in [2.45, 2.75) is 0 Å². The van der Waals surface area contributed by atoms with Gasteiger partial charge in [-0.15, -0.1) is 0 Å². The Morgan fingerprint density at radius 1 is 1.45 bits per heavy atom. The normalized spacial score (nSPS) is 10.8. The average molecular weight is 172 g/mol.